The first-order valence-corrected chi connectivity index (χ1v) is 8.18. The van der Waals surface area contributed by atoms with Crippen LogP contribution in [-0.2, 0) is 6.54 Å². The number of tetrazole rings is 1. The van der Waals surface area contributed by atoms with Crippen LogP contribution in [0.1, 0.15) is 22.8 Å². The lowest BCUT2D eigenvalue weighted by Gasteiger charge is -2.10. The standard InChI is InChI=1S/C17H16N4OS/c1-13(16(22)15-10-6-3-7-11-15)23-17-18-19-20-21(17)12-14-8-4-2-5-9-14/h2-11,13H,12H2,1H3. The Morgan fingerprint density at radius 1 is 1.09 bits per heavy atom. The van der Waals surface area contributed by atoms with E-state index in [9.17, 15) is 4.79 Å². The molecule has 6 heteroatoms. The minimum absolute atomic E-state index is 0.0739. The van der Waals surface area contributed by atoms with Crippen LogP contribution in [-0.4, -0.2) is 31.2 Å². The molecule has 3 rings (SSSR count). The quantitative estimate of drug-likeness (QED) is 0.515. The lowest BCUT2D eigenvalue weighted by Crippen LogP contribution is -2.15. The third kappa shape index (κ3) is 3.84. The molecule has 0 bridgehead atoms. The summed E-state index contributed by atoms with van der Waals surface area (Å²) in [6.45, 7) is 2.46. The highest BCUT2D eigenvalue weighted by Crippen LogP contribution is 2.23. The number of thioether (sulfide) groups is 1. The maximum Gasteiger partial charge on any atom is 0.210 e. The Labute approximate surface area is 138 Å². The molecule has 116 valence electrons. The van der Waals surface area contributed by atoms with Crippen molar-refractivity contribution in [1.82, 2.24) is 20.2 Å². The zero-order valence-electron chi connectivity index (χ0n) is 12.7. The summed E-state index contributed by atoms with van der Waals surface area (Å²) < 4.78 is 1.72. The Morgan fingerprint density at radius 2 is 1.74 bits per heavy atom. The summed E-state index contributed by atoms with van der Waals surface area (Å²) in [6, 6.07) is 19.3. The lowest BCUT2D eigenvalue weighted by atomic mass is 10.1. The Bertz CT molecular complexity index is 774. The van der Waals surface area contributed by atoms with E-state index in [1.165, 1.54) is 11.8 Å². The molecular formula is C17H16N4OS. The van der Waals surface area contributed by atoms with Crippen LogP contribution in [0.3, 0.4) is 0 Å². The fourth-order valence-electron chi connectivity index (χ4n) is 2.19. The molecule has 0 saturated heterocycles. The van der Waals surface area contributed by atoms with Gasteiger partial charge in [-0.1, -0.05) is 72.4 Å². The lowest BCUT2D eigenvalue weighted by molar-refractivity contribution is 0.0994. The van der Waals surface area contributed by atoms with E-state index < -0.39 is 0 Å². The molecule has 0 aliphatic rings. The molecule has 1 unspecified atom stereocenters. The molecule has 3 aromatic rings. The van der Waals surface area contributed by atoms with Crippen molar-refractivity contribution in [1.29, 1.82) is 0 Å². The number of aromatic nitrogens is 4. The summed E-state index contributed by atoms with van der Waals surface area (Å²) in [5, 5.41) is 12.2. The van der Waals surface area contributed by atoms with Crippen molar-refractivity contribution in [2.75, 3.05) is 0 Å². The summed E-state index contributed by atoms with van der Waals surface area (Å²) in [5.41, 5.74) is 1.82. The van der Waals surface area contributed by atoms with Gasteiger partial charge in [-0.3, -0.25) is 4.79 Å². The molecule has 0 fully saturated rings. The molecule has 23 heavy (non-hydrogen) atoms. The highest BCUT2D eigenvalue weighted by atomic mass is 32.2. The van der Waals surface area contributed by atoms with Crippen LogP contribution in [0, 0.1) is 0 Å². The van der Waals surface area contributed by atoms with Gasteiger partial charge in [-0.15, -0.1) is 5.10 Å². The number of rotatable bonds is 6. The molecule has 2 aromatic carbocycles. The van der Waals surface area contributed by atoms with Crippen LogP contribution in [0.2, 0.25) is 0 Å². The van der Waals surface area contributed by atoms with Crippen LogP contribution in [0.5, 0.6) is 0 Å². The summed E-state index contributed by atoms with van der Waals surface area (Å²) in [4.78, 5) is 12.4. The van der Waals surface area contributed by atoms with Crippen molar-refractivity contribution in [3.63, 3.8) is 0 Å². The number of hydrogen-bond acceptors (Lipinski definition) is 5. The van der Waals surface area contributed by atoms with Crippen LogP contribution in [0.15, 0.2) is 65.8 Å². The number of benzene rings is 2. The van der Waals surface area contributed by atoms with Crippen LogP contribution in [0.4, 0.5) is 0 Å². The van der Waals surface area contributed by atoms with Crippen LogP contribution in [0.25, 0.3) is 0 Å². The second-order valence-electron chi connectivity index (χ2n) is 5.10. The molecule has 0 spiro atoms. The largest absolute Gasteiger partial charge is 0.293 e. The van der Waals surface area contributed by atoms with Crippen molar-refractivity contribution < 1.29 is 4.79 Å². The SMILES string of the molecule is CC(Sc1nnnn1Cc1ccccc1)C(=O)c1ccccc1. The first kappa shape index (κ1) is 15.4. The molecule has 1 atom stereocenters. The van der Waals surface area contributed by atoms with E-state index >= 15 is 0 Å². The molecular weight excluding hydrogens is 308 g/mol. The zero-order chi connectivity index (χ0) is 16.1. The molecule has 0 N–H and O–H groups in total. The van der Waals surface area contributed by atoms with Gasteiger partial charge >= 0.3 is 0 Å². The first-order chi connectivity index (χ1) is 11.2. The van der Waals surface area contributed by atoms with E-state index in [0.717, 1.165) is 5.56 Å². The van der Waals surface area contributed by atoms with Gasteiger partial charge in [0, 0.05) is 5.56 Å². The van der Waals surface area contributed by atoms with E-state index in [2.05, 4.69) is 15.5 Å². The van der Waals surface area contributed by atoms with Crippen molar-refractivity contribution in [2.45, 2.75) is 23.9 Å². The normalized spacial score (nSPS) is 12.0. The second-order valence-corrected chi connectivity index (χ2v) is 6.40. The van der Waals surface area contributed by atoms with E-state index in [0.29, 0.717) is 17.3 Å². The van der Waals surface area contributed by atoms with Crippen molar-refractivity contribution in [3.05, 3.63) is 71.8 Å². The molecule has 5 nitrogen and oxygen atoms in total. The highest BCUT2D eigenvalue weighted by molar-refractivity contribution is 8.00. The van der Waals surface area contributed by atoms with Gasteiger partial charge in [0.1, 0.15) is 0 Å². The summed E-state index contributed by atoms with van der Waals surface area (Å²) in [5.74, 6) is 0.0739. The molecule has 1 aromatic heterocycles. The summed E-state index contributed by atoms with van der Waals surface area (Å²) in [7, 11) is 0. The number of nitrogens with zero attached hydrogens (tertiary/aromatic N) is 4. The monoisotopic (exact) mass is 324 g/mol. The summed E-state index contributed by atoms with van der Waals surface area (Å²) in [6.07, 6.45) is 0. The third-order valence-corrected chi connectivity index (χ3v) is 4.45. The highest BCUT2D eigenvalue weighted by Gasteiger charge is 2.19. The average molecular weight is 324 g/mol. The minimum atomic E-state index is -0.252. The maximum atomic E-state index is 12.4. The Hall–Kier alpha value is -2.47. The van der Waals surface area contributed by atoms with Gasteiger partial charge in [0.2, 0.25) is 5.16 Å². The number of Topliss-reactive ketones (excluding diaryl/α,β-unsaturated/α-hetero) is 1. The predicted molar refractivity (Wildman–Crippen MR) is 89.5 cm³/mol. The van der Waals surface area contributed by atoms with Gasteiger partial charge < -0.3 is 0 Å². The second kappa shape index (κ2) is 7.19. The van der Waals surface area contributed by atoms with E-state index in [1.54, 1.807) is 4.68 Å². The molecule has 0 aliphatic carbocycles. The average Bonchev–Trinajstić information content (AvgIpc) is 3.02. The van der Waals surface area contributed by atoms with E-state index in [-0.39, 0.29) is 11.0 Å². The molecule has 1 heterocycles. The Morgan fingerprint density at radius 3 is 2.43 bits per heavy atom. The van der Waals surface area contributed by atoms with Gasteiger partial charge in [0.25, 0.3) is 0 Å². The number of hydrogen-bond donors (Lipinski definition) is 0. The van der Waals surface area contributed by atoms with Gasteiger partial charge in [-0.05, 0) is 22.9 Å². The number of carbonyl (C=O) groups excluding carboxylic acids is 1. The van der Waals surface area contributed by atoms with Crippen molar-refractivity contribution >= 4 is 17.5 Å². The van der Waals surface area contributed by atoms with Gasteiger partial charge in [-0.2, -0.15) is 0 Å². The van der Waals surface area contributed by atoms with E-state index in [4.69, 9.17) is 0 Å². The fraction of sp³-hybridized carbons (Fsp3) is 0.176. The molecule has 0 amide bonds. The van der Waals surface area contributed by atoms with Crippen molar-refractivity contribution in [3.8, 4) is 0 Å². The van der Waals surface area contributed by atoms with Crippen LogP contribution < -0.4 is 0 Å². The Balaban J connectivity index is 1.71. The topological polar surface area (TPSA) is 60.7 Å². The van der Waals surface area contributed by atoms with Crippen LogP contribution >= 0.6 is 11.8 Å². The fourth-order valence-corrected chi connectivity index (χ4v) is 3.05. The van der Waals surface area contributed by atoms with Gasteiger partial charge in [0.05, 0.1) is 11.8 Å². The minimum Gasteiger partial charge on any atom is -0.293 e. The van der Waals surface area contributed by atoms with E-state index in [1.807, 2.05) is 67.6 Å². The predicted octanol–water partition coefficient (Wildman–Crippen LogP) is 3.08. The van der Waals surface area contributed by atoms with Gasteiger partial charge in [0.15, 0.2) is 5.78 Å². The van der Waals surface area contributed by atoms with Gasteiger partial charge in [-0.25, -0.2) is 4.68 Å². The number of ketones is 1. The molecule has 0 radical (unpaired) electrons. The third-order valence-electron chi connectivity index (χ3n) is 3.38. The smallest absolute Gasteiger partial charge is 0.210 e. The summed E-state index contributed by atoms with van der Waals surface area (Å²) >= 11 is 1.38. The molecule has 0 saturated carbocycles. The Kier molecular flexibility index (Phi) is 4.83. The van der Waals surface area contributed by atoms with Crippen molar-refractivity contribution in [2.24, 2.45) is 0 Å². The zero-order valence-corrected chi connectivity index (χ0v) is 13.5. The first-order valence-electron chi connectivity index (χ1n) is 7.30. The maximum absolute atomic E-state index is 12.4. The number of carbonyl (C=O) groups is 1. The molecule has 0 aliphatic heterocycles.